The molecule has 0 spiro atoms. The summed E-state index contributed by atoms with van der Waals surface area (Å²) < 4.78 is 19.3. The molecule has 140 valence electrons. The summed E-state index contributed by atoms with van der Waals surface area (Å²) in [7, 11) is 0. The number of carbonyl (C=O) groups is 3. The van der Waals surface area contributed by atoms with E-state index in [1.165, 1.54) is 24.3 Å². The van der Waals surface area contributed by atoms with Crippen molar-refractivity contribution >= 4 is 29.3 Å². The summed E-state index contributed by atoms with van der Waals surface area (Å²) in [5.74, 6) is -3.50. The first kappa shape index (κ1) is 18.7. The average Bonchev–Trinajstić information content (AvgIpc) is 3.07. The molecule has 3 rings (SSSR count). The number of hydroxylamine groups is 1. The lowest BCUT2D eigenvalue weighted by molar-refractivity contribution is -0.158. The fraction of sp³-hybridized carbons (Fsp3) is 0.167. The molecule has 1 atom stereocenters. The predicted octanol–water partition coefficient (Wildman–Crippen LogP) is 2.31. The molecule has 0 radical (unpaired) electrons. The van der Waals surface area contributed by atoms with Crippen LogP contribution in [0.15, 0.2) is 30.3 Å². The highest BCUT2D eigenvalue weighted by molar-refractivity contribution is 6.34. The van der Waals surface area contributed by atoms with Crippen LogP contribution < -0.4 is 10.2 Å². The van der Waals surface area contributed by atoms with E-state index in [0.29, 0.717) is 5.56 Å². The summed E-state index contributed by atoms with van der Waals surface area (Å²) in [5.41, 5.74) is 1.86. The summed E-state index contributed by atoms with van der Waals surface area (Å²) in [6.45, 7) is 1.11. The Morgan fingerprint density at radius 2 is 2.00 bits per heavy atom. The number of ether oxygens (including phenoxy) is 1. The van der Waals surface area contributed by atoms with Crippen LogP contribution in [-0.2, 0) is 20.8 Å². The number of aromatic hydroxyl groups is 1. The molecule has 27 heavy (non-hydrogen) atoms. The van der Waals surface area contributed by atoms with Gasteiger partial charge in [-0.1, -0.05) is 23.7 Å². The van der Waals surface area contributed by atoms with Gasteiger partial charge in [0.15, 0.2) is 11.9 Å². The van der Waals surface area contributed by atoms with E-state index < -0.39 is 35.3 Å². The zero-order valence-corrected chi connectivity index (χ0v) is 14.7. The summed E-state index contributed by atoms with van der Waals surface area (Å²) in [6.07, 6.45) is -1.06. The number of carbonyl (C=O) groups excluding carboxylic acids is 3. The first-order valence-corrected chi connectivity index (χ1v) is 8.15. The SMILES string of the molecule is CC(=O)ONC(=O)C1Cc2cc(C(=O)c3ccccc3F)c(O)c(Cl)c2O1. The number of amides is 1. The van der Waals surface area contributed by atoms with Crippen LogP contribution in [-0.4, -0.2) is 28.9 Å². The van der Waals surface area contributed by atoms with Crippen molar-refractivity contribution in [3.63, 3.8) is 0 Å². The third kappa shape index (κ3) is 3.56. The molecular weight excluding hydrogens is 381 g/mol. The standard InChI is InChI=1S/C18H13ClFNO6/c1-8(22)27-21-18(25)13-7-9-6-11(16(24)14(19)17(9)26-13)15(23)10-4-2-3-5-12(10)20/h2-6,13,24H,7H2,1H3,(H,21,25). The van der Waals surface area contributed by atoms with Crippen molar-refractivity contribution < 1.29 is 33.5 Å². The Morgan fingerprint density at radius 1 is 1.30 bits per heavy atom. The Hall–Kier alpha value is -3.13. The summed E-state index contributed by atoms with van der Waals surface area (Å²) in [4.78, 5) is 39.7. The fourth-order valence-electron chi connectivity index (χ4n) is 2.64. The van der Waals surface area contributed by atoms with Crippen LogP contribution in [0.3, 0.4) is 0 Å². The number of nitrogens with one attached hydrogen (secondary N) is 1. The van der Waals surface area contributed by atoms with Crippen LogP contribution in [0, 0.1) is 5.82 Å². The van der Waals surface area contributed by atoms with Gasteiger partial charge in [0, 0.05) is 18.9 Å². The van der Waals surface area contributed by atoms with Gasteiger partial charge in [-0.15, -0.1) is 0 Å². The normalized spacial score (nSPS) is 14.9. The molecule has 0 fully saturated rings. The number of ketones is 1. The number of phenols is 1. The van der Waals surface area contributed by atoms with Crippen molar-refractivity contribution in [2.45, 2.75) is 19.4 Å². The van der Waals surface area contributed by atoms with E-state index in [4.69, 9.17) is 16.3 Å². The minimum atomic E-state index is -1.07. The van der Waals surface area contributed by atoms with Gasteiger partial charge in [0.1, 0.15) is 22.3 Å². The number of rotatable bonds is 3. The first-order valence-electron chi connectivity index (χ1n) is 7.77. The van der Waals surface area contributed by atoms with Crippen molar-refractivity contribution in [2.24, 2.45) is 0 Å². The van der Waals surface area contributed by atoms with E-state index in [-0.39, 0.29) is 28.3 Å². The zero-order valence-electron chi connectivity index (χ0n) is 13.9. The van der Waals surface area contributed by atoms with E-state index in [1.54, 1.807) is 0 Å². The minimum absolute atomic E-state index is 0.0139. The molecule has 9 heteroatoms. The molecule has 1 aliphatic heterocycles. The molecule has 1 amide bonds. The van der Waals surface area contributed by atoms with E-state index in [0.717, 1.165) is 13.0 Å². The molecule has 1 unspecified atom stereocenters. The van der Waals surface area contributed by atoms with Crippen LogP contribution in [0.25, 0.3) is 0 Å². The van der Waals surface area contributed by atoms with Gasteiger partial charge in [0.2, 0.25) is 0 Å². The van der Waals surface area contributed by atoms with Gasteiger partial charge in [-0.25, -0.2) is 4.39 Å². The molecule has 2 N–H and O–H groups in total. The quantitative estimate of drug-likeness (QED) is 0.613. The van der Waals surface area contributed by atoms with Crippen molar-refractivity contribution in [3.8, 4) is 11.5 Å². The van der Waals surface area contributed by atoms with Gasteiger partial charge in [0.05, 0.1) is 11.1 Å². The van der Waals surface area contributed by atoms with E-state index in [1.807, 2.05) is 5.48 Å². The molecule has 2 aromatic rings. The van der Waals surface area contributed by atoms with Gasteiger partial charge in [-0.2, -0.15) is 5.48 Å². The highest BCUT2D eigenvalue weighted by atomic mass is 35.5. The predicted molar refractivity (Wildman–Crippen MR) is 91.0 cm³/mol. The number of hydrogen-bond donors (Lipinski definition) is 2. The molecule has 0 saturated heterocycles. The third-order valence-corrected chi connectivity index (χ3v) is 4.24. The van der Waals surface area contributed by atoms with Crippen LogP contribution in [0.2, 0.25) is 5.02 Å². The molecule has 2 aromatic carbocycles. The summed E-state index contributed by atoms with van der Waals surface area (Å²) >= 11 is 6.07. The van der Waals surface area contributed by atoms with Crippen molar-refractivity contribution in [3.05, 3.63) is 57.9 Å². The minimum Gasteiger partial charge on any atom is -0.505 e. The van der Waals surface area contributed by atoms with Crippen molar-refractivity contribution in [1.29, 1.82) is 0 Å². The molecule has 0 bridgehead atoms. The van der Waals surface area contributed by atoms with Crippen molar-refractivity contribution in [2.75, 3.05) is 0 Å². The Balaban J connectivity index is 1.91. The monoisotopic (exact) mass is 393 g/mol. The van der Waals surface area contributed by atoms with E-state index in [9.17, 15) is 23.9 Å². The lowest BCUT2D eigenvalue weighted by Gasteiger charge is -2.11. The Kier molecular flexibility index (Phi) is 5.00. The molecule has 1 aliphatic rings. The van der Waals surface area contributed by atoms with Gasteiger partial charge >= 0.3 is 5.97 Å². The first-order chi connectivity index (χ1) is 12.8. The van der Waals surface area contributed by atoms with E-state index in [2.05, 4.69) is 4.84 Å². The summed E-state index contributed by atoms with van der Waals surface area (Å²) in [6, 6.07) is 6.62. The van der Waals surface area contributed by atoms with Gasteiger partial charge < -0.3 is 14.7 Å². The Labute approximate surface area is 157 Å². The lowest BCUT2D eigenvalue weighted by atomic mass is 9.98. The molecule has 1 heterocycles. The zero-order chi connectivity index (χ0) is 19.7. The van der Waals surface area contributed by atoms with Crippen LogP contribution in [0.4, 0.5) is 4.39 Å². The Morgan fingerprint density at radius 3 is 2.67 bits per heavy atom. The summed E-state index contributed by atoms with van der Waals surface area (Å²) in [5, 5.41) is 9.99. The number of benzene rings is 2. The number of halogens is 2. The van der Waals surface area contributed by atoms with Crippen LogP contribution in [0.1, 0.15) is 28.4 Å². The maximum Gasteiger partial charge on any atom is 0.329 e. The molecular formula is C18H13ClFNO6. The molecule has 0 saturated carbocycles. The molecule has 0 aromatic heterocycles. The fourth-order valence-corrected chi connectivity index (χ4v) is 2.90. The maximum absolute atomic E-state index is 13.9. The lowest BCUT2D eigenvalue weighted by Crippen LogP contribution is -2.38. The smallest absolute Gasteiger partial charge is 0.329 e. The van der Waals surface area contributed by atoms with Gasteiger partial charge in [0.25, 0.3) is 5.91 Å². The van der Waals surface area contributed by atoms with E-state index >= 15 is 0 Å². The highest BCUT2D eigenvalue weighted by Crippen LogP contribution is 2.44. The second kappa shape index (κ2) is 7.24. The molecule has 7 nitrogen and oxygen atoms in total. The van der Waals surface area contributed by atoms with Crippen molar-refractivity contribution in [1.82, 2.24) is 5.48 Å². The largest absolute Gasteiger partial charge is 0.505 e. The number of phenolic OH excluding ortho intramolecular Hbond substituents is 1. The number of hydrogen-bond acceptors (Lipinski definition) is 6. The van der Waals surface area contributed by atoms with Crippen LogP contribution >= 0.6 is 11.6 Å². The van der Waals surface area contributed by atoms with Gasteiger partial charge in [-0.05, 0) is 18.2 Å². The average molecular weight is 394 g/mol. The number of fused-ring (bicyclic) bond motifs is 1. The third-order valence-electron chi connectivity index (χ3n) is 3.89. The Bertz CT molecular complexity index is 961. The molecule has 0 aliphatic carbocycles. The van der Waals surface area contributed by atoms with Gasteiger partial charge in [-0.3, -0.25) is 14.4 Å². The van der Waals surface area contributed by atoms with Crippen LogP contribution in [0.5, 0.6) is 11.5 Å². The second-order valence-corrected chi connectivity index (χ2v) is 6.13. The second-order valence-electron chi connectivity index (χ2n) is 5.75. The maximum atomic E-state index is 13.9. The highest BCUT2D eigenvalue weighted by Gasteiger charge is 2.34. The topological polar surface area (TPSA) is 102 Å².